The minimum absolute atomic E-state index is 0.0349. The van der Waals surface area contributed by atoms with Gasteiger partial charge >= 0.3 is 0 Å². The fourth-order valence-electron chi connectivity index (χ4n) is 5.83. The lowest BCUT2D eigenvalue weighted by Gasteiger charge is -2.23. The van der Waals surface area contributed by atoms with Crippen molar-refractivity contribution < 1.29 is 0 Å². The van der Waals surface area contributed by atoms with Crippen molar-refractivity contribution in [2.24, 2.45) is 5.92 Å². The SMILES string of the molecule is Cc1sc2cc(-c3cc(-c4cc(C(C)(C)C)c5ccccc5c4)nc4c(C)c(C)sc34)ccc2c1CC(C)C. The predicted molar refractivity (Wildman–Crippen MR) is 175 cm³/mol. The molecule has 39 heavy (non-hydrogen) atoms. The molecule has 6 rings (SSSR count). The molecular weight excluding hydrogens is 511 g/mol. The highest BCUT2D eigenvalue weighted by Gasteiger charge is 2.21. The molecule has 6 aromatic rings. The Morgan fingerprint density at radius 3 is 2.31 bits per heavy atom. The lowest BCUT2D eigenvalue weighted by atomic mass is 9.82. The zero-order chi connectivity index (χ0) is 27.6. The normalized spacial score (nSPS) is 12.4. The third kappa shape index (κ3) is 4.60. The molecule has 3 aromatic carbocycles. The molecular formula is C36H37NS2. The van der Waals surface area contributed by atoms with Gasteiger partial charge in [0.15, 0.2) is 0 Å². The van der Waals surface area contributed by atoms with E-state index in [2.05, 4.69) is 116 Å². The van der Waals surface area contributed by atoms with Gasteiger partial charge in [-0.1, -0.05) is 71.0 Å². The summed E-state index contributed by atoms with van der Waals surface area (Å²) >= 11 is 3.81. The van der Waals surface area contributed by atoms with Gasteiger partial charge in [0, 0.05) is 25.6 Å². The van der Waals surface area contributed by atoms with Crippen LogP contribution >= 0.6 is 22.7 Å². The summed E-state index contributed by atoms with van der Waals surface area (Å²) in [6, 6.07) is 22.9. The smallest absolute Gasteiger partial charge is 0.0855 e. The third-order valence-electron chi connectivity index (χ3n) is 8.00. The summed E-state index contributed by atoms with van der Waals surface area (Å²) in [4.78, 5) is 8.10. The van der Waals surface area contributed by atoms with E-state index in [1.807, 2.05) is 22.7 Å². The van der Waals surface area contributed by atoms with Gasteiger partial charge in [-0.25, -0.2) is 4.98 Å². The van der Waals surface area contributed by atoms with E-state index in [9.17, 15) is 0 Å². The Balaban J connectivity index is 1.60. The Morgan fingerprint density at radius 2 is 1.56 bits per heavy atom. The molecule has 1 nitrogen and oxygen atoms in total. The fraction of sp³-hybridized carbons (Fsp3) is 0.306. The van der Waals surface area contributed by atoms with Crippen LogP contribution in [0.4, 0.5) is 0 Å². The fourth-order valence-corrected chi connectivity index (χ4v) is 8.10. The van der Waals surface area contributed by atoms with Crippen molar-refractivity contribution in [2.45, 2.75) is 67.2 Å². The summed E-state index contributed by atoms with van der Waals surface area (Å²) in [5.41, 5.74) is 10.2. The molecule has 3 heterocycles. The van der Waals surface area contributed by atoms with Crippen molar-refractivity contribution in [2.75, 3.05) is 0 Å². The van der Waals surface area contributed by atoms with E-state index in [1.54, 1.807) is 0 Å². The van der Waals surface area contributed by atoms with Crippen LogP contribution in [0.5, 0.6) is 0 Å². The average Bonchev–Trinajstić information content (AvgIpc) is 3.36. The molecule has 3 heteroatoms. The summed E-state index contributed by atoms with van der Waals surface area (Å²) in [6.45, 7) is 18.3. The molecule has 0 aliphatic rings. The quantitative estimate of drug-likeness (QED) is 0.214. The number of pyridine rings is 1. The molecule has 0 aliphatic heterocycles. The Bertz CT molecular complexity index is 1870. The van der Waals surface area contributed by atoms with Gasteiger partial charge in [0.05, 0.1) is 15.9 Å². The van der Waals surface area contributed by atoms with E-state index in [0.29, 0.717) is 5.92 Å². The van der Waals surface area contributed by atoms with E-state index >= 15 is 0 Å². The van der Waals surface area contributed by atoms with Crippen LogP contribution in [-0.4, -0.2) is 4.98 Å². The number of benzene rings is 3. The van der Waals surface area contributed by atoms with Gasteiger partial charge < -0.3 is 0 Å². The zero-order valence-electron chi connectivity index (χ0n) is 24.3. The molecule has 0 amide bonds. The largest absolute Gasteiger partial charge is 0.247 e. The molecule has 0 saturated heterocycles. The van der Waals surface area contributed by atoms with Crippen molar-refractivity contribution in [1.82, 2.24) is 4.98 Å². The highest BCUT2D eigenvalue weighted by molar-refractivity contribution is 7.20. The Kier molecular flexibility index (Phi) is 6.44. The van der Waals surface area contributed by atoms with E-state index in [1.165, 1.54) is 68.7 Å². The van der Waals surface area contributed by atoms with Crippen molar-refractivity contribution in [3.63, 3.8) is 0 Å². The van der Waals surface area contributed by atoms with Gasteiger partial charge in [0.2, 0.25) is 0 Å². The first-order chi connectivity index (χ1) is 18.5. The van der Waals surface area contributed by atoms with E-state index < -0.39 is 0 Å². The molecule has 3 aromatic heterocycles. The van der Waals surface area contributed by atoms with Crippen LogP contribution in [-0.2, 0) is 11.8 Å². The minimum Gasteiger partial charge on any atom is -0.247 e. The molecule has 0 fully saturated rings. The highest BCUT2D eigenvalue weighted by atomic mass is 32.1. The number of fused-ring (bicyclic) bond motifs is 3. The highest BCUT2D eigenvalue weighted by Crippen LogP contribution is 2.43. The first-order valence-corrected chi connectivity index (χ1v) is 15.6. The van der Waals surface area contributed by atoms with Crippen LogP contribution in [0.1, 0.15) is 61.1 Å². The van der Waals surface area contributed by atoms with Crippen molar-refractivity contribution >= 4 is 53.7 Å². The van der Waals surface area contributed by atoms with Gasteiger partial charge in [-0.3, -0.25) is 0 Å². The van der Waals surface area contributed by atoms with Gasteiger partial charge in [-0.15, -0.1) is 22.7 Å². The maximum absolute atomic E-state index is 5.31. The Hall–Kier alpha value is -3.01. The number of rotatable bonds is 4. The number of hydrogen-bond donors (Lipinski definition) is 0. The average molecular weight is 548 g/mol. The molecule has 0 bridgehead atoms. The standard InChI is InChI=1S/C36H37NS2/c1-20(2)15-29-23(5)38-33-18-25(13-14-28(29)33)30-19-32(37-34-21(3)22(4)39-35(30)34)26-16-24-11-9-10-12-27(24)31(17-26)36(6,7)8/h9-14,16-20H,15H2,1-8H3. The van der Waals surface area contributed by atoms with E-state index in [0.717, 1.165) is 17.6 Å². The lowest BCUT2D eigenvalue weighted by Crippen LogP contribution is -2.12. The molecule has 0 unspecified atom stereocenters. The van der Waals surface area contributed by atoms with Crippen molar-refractivity contribution in [1.29, 1.82) is 0 Å². The summed E-state index contributed by atoms with van der Waals surface area (Å²) < 4.78 is 2.68. The zero-order valence-corrected chi connectivity index (χ0v) is 26.0. The van der Waals surface area contributed by atoms with Gasteiger partial charge in [0.1, 0.15) is 0 Å². The molecule has 0 radical (unpaired) electrons. The van der Waals surface area contributed by atoms with Crippen LogP contribution in [0.2, 0.25) is 0 Å². The first kappa shape index (κ1) is 26.2. The third-order valence-corrected chi connectivity index (χ3v) is 10.3. The van der Waals surface area contributed by atoms with Crippen LogP contribution in [0.15, 0.2) is 60.7 Å². The molecule has 0 aliphatic carbocycles. The number of hydrogen-bond acceptors (Lipinski definition) is 3. The second kappa shape index (κ2) is 9.57. The first-order valence-electron chi connectivity index (χ1n) is 14.0. The van der Waals surface area contributed by atoms with Gasteiger partial charge in [0.25, 0.3) is 0 Å². The molecule has 0 saturated carbocycles. The second-order valence-corrected chi connectivity index (χ2v) is 14.9. The van der Waals surface area contributed by atoms with E-state index in [4.69, 9.17) is 4.98 Å². The van der Waals surface area contributed by atoms with Gasteiger partial charge in [-0.05, 0) is 101 Å². The molecule has 0 atom stereocenters. The predicted octanol–water partition coefficient (Wildman–Crippen LogP) is 11.4. The van der Waals surface area contributed by atoms with E-state index in [-0.39, 0.29) is 5.41 Å². The minimum atomic E-state index is 0.0349. The van der Waals surface area contributed by atoms with Crippen LogP contribution in [0.25, 0.3) is 53.5 Å². The molecule has 198 valence electrons. The van der Waals surface area contributed by atoms with Crippen LogP contribution in [0, 0.1) is 26.7 Å². The number of aromatic nitrogens is 1. The van der Waals surface area contributed by atoms with Gasteiger partial charge in [-0.2, -0.15) is 0 Å². The lowest BCUT2D eigenvalue weighted by molar-refractivity contribution is 0.596. The Labute approximate surface area is 240 Å². The van der Waals surface area contributed by atoms with Crippen molar-refractivity contribution in [3.05, 3.63) is 87.1 Å². The second-order valence-electron chi connectivity index (χ2n) is 12.5. The maximum Gasteiger partial charge on any atom is 0.0855 e. The van der Waals surface area contributed by atoms with Crippen molar-refractivity contribution in [3.8, 4) is 22.4 Å². The molecule has 0 spiro atoms. The molecule has 0 N–H and O–H groups in total. The monoisotopic (exact) mass is 547 g/mol. The van der Waals surface area contributed by atoms with Crippen LogP contribution < -0.4 is 0 Å². The summed E-state index contributed by atoms with van der Waals surface area (Å²) in [5.74, 6) is 0.653. The summed E-state index contributed by atoms with van der Waals surface area (Å²) in [7, 11) is 0. The van der Waals surface area contributed by atoms with Crippen LogP contribution in [0.3, 0.4) is 0 Å². The number of nitrogens with zero attached hydrogens (tertiary/aromatic N) is 1. The topological polar surface area (TPSA) is 12.9 Å². The Morgan fingerprint density at radius 1 is 0.795 bits per heavy atom. The number of aryl methyl sites for hydroxylation is 3. The maximum atomic E-state index is 5.31. The summed E-state index contributed by atoms with van der Waals surface area (Å²) in [6.07, 6.45) is 1.14. The number of thiophene rings is 2. The summed E-state index contributed by atoms with van der Waals surface area (Å²) in [5, 5.41) is 4.02.